The zero-order valence-corrected chi connectivity index (χ0v) is 15.5. The van der Waals surface area contributed by atoms with E-state index in [9.17, 15) is 13.6 Å². The van der Waals surface area contributed by atoms with Crippen LogP contribution >= 0.6 is 0 Å². The van der Waals surface area contributed by atoms with E-state index in [1.807, 2.05) is 4.90 Å². The first-order valence-electron chi connectivity index (χ1n) is 9.36. The second kappa shape index (κ2) is 8.08. The Kier molecular flexibility index (Phi) is 5.34. The van der Waals surface area contributed by atoms with Gasteiger partial charge in [0.1, 0.15) is 11.5 Å². The third-order valence-corrected chi connectivity index (χ3v) is 4.97. The molecule has 0 bridgehead atoms. The van der Waals surface area contributed by atoms with Gasteiger partial charge in [0, 0.05) is 36.3 Å². The molecule has 3 aromatic rings. The van der Waals surface area contributed by atoms with Crippen molar-refractivity contribution in [2.24, 2.45) is 0 Å². The van der Waals surface area contributed by atoms with Crippen molar-refractivity contribution >= 4 is 22.8 Å². The van der Waals surface area contributed by atoms with Gasteiger partial charge in [0.2, 0.25) is 0 Å². The smallest absolute Gasteiger partial charge is 0.304 e. The quantitative estimate of drug-likeness (QED) is 0.582. The lowest BCUT2D eigenvalue weighted by molar-refractivity contribution is -0.137. The number of pyridine rings is 1. The number of carbonyl (C=O) groups is 1. The van der Waals surface area contributed by atoms with Gasteiger partial charge in [-0.3, -0.25) is 4.79 Å². The Hall–Kier alpha value is -3.14. The summed E-state index contributed by atoms with van der Waals surface area (Å²) in [5.74, 6) is -1.58. The fraction of sp³-hybridized carbons (Fsp3) is 0.368. The molecule has 4 heterocycles. The van der Waals surface area contributed by atoms with E-state index in [1.165, 1.54) is 6.07 Å². The zero-order valence-electron chi connectivity index (χ0n) is 15.5. The molecule has 8 nitrogen and oxygen atoms in total. The van der Waals surface area contributed by atoms with Gasteiger partial charge >= 0.3 is 5.97 Å². The van der Waals surface area contributed by atoms with Gasteiger partial charge in [0.15, 0.2) is 17.5 Å². The molecule has 4 rings (SSSR count). The molecule has 1 fully saturated rings. The SMILES string of the molecule is O=C(O)CCN1CCC[C@H](Nc2nc(-c3c[nH]c4ncc(F)cc34)ncc2F)C1. The predicted octanol–water partition coefficient (Wildman–Crippen LogP) is 2.65. The minimum absolute atomic E-state index is 0.0584. The highest BCUT2D eigenvalue weighted by Gasteiger charge is 2.22. The molecular formula is C19H20F2N6O2. The van der Waals surface area contributed by atoms with E-state index in [1.54, 1.807) is 6.20 Å². The number of halogens is 2. The van der Waals surface area contributed by atoms with Gasteiger partial charge in [0.25, 0.3) is 0 Å². The molecule has 0 spiro atoms. The summed E-state index contributed by atoms with van der Waals surface area (Å²) >= 11 is 0. The lowest BCUT2D eigenvalue weighted by Gasteiger charge is -2.33. The van der Waals surface area contributed by atoms with Crippen LogP contribution in [0.15, 0.2) is 24.7 Å². The predicted molar refractivity (Wildman–Crippen MR) is 102 cm³/mol. The van der Waals surface area contributed by atoms with Crippen molar-refractivity contribution in [1.29, 1.82) is 0 Å². The van der Waals surface area contributed by atoms with Crippen LogP contribution in [-0.4, -0.2) is 61.6 Å². The number of carboxylic acids is 1. The van der Waals surface area contributed by atoms with E-state index >= 15 is 0 Å². The number of H-pyrrole nitrogens is 1. The molecule has 0 aliphatic carbocycles. The van der Waals surface area contributed by atoms with Crippen LogP contribution in [-0.2, 0) is 4.79 Å². The number of hydrogen-bond acceptors (Lipinski definition) is 6. The molecule has 3 aromatic heterocycles. The number of nitrogens with one attached hydrogen (secondary N) is 2. The Labute approximate surface area is 165 Å². The minimum Gasteiger partial charge on any atom is -0.481 e. The second-order valence-corrected chi connectivity index (χ2v) is 7.07. The molecule has 1 aliphatic heterocycles. The summed E-state index contributed by atoms with van der Waals surface area (Å²) < 4.78 is 27.9. The Morgan fingerprint density at radius 2 is 2.21 bits per heavy atom. The monoisotopic (exact) mass is 402 g/mol. The second-order valence-electron chi connectivity index (χ2n) is 7.07. The van der Waals surface area contributed by atoms with Gasteiger partial charge in [-0.25, -0.2) is 23.7 Å². The Balaban J connectivity index is 1.54. The number of rotatable bonds is 6. The standard InChI is InChI=1S/C19H20F2N6O2/c20-11-6-13-14(8-23-17(13)22-7-11)18-24-9-15(21)19(26-18)25-12-2-1-4-27(10-12)5-3-16(28)29/h6-9,12H,1-5,10H2,(H,22,23)(H,28,29)(H,24,25,26)/t12-/m0/s1. The molecule has 29 heavy (non-hydrogen) atoms. The van der Waals surface area contributed by atoms with E-state index < -0.39 is 17.6 Å². The molecule has 0 saturated carbocycles. The third-order valence-electron chi connectivity index (χ3n) is 4.97. The number of aromatic amines is 1. The van der Waals surface area contributed by atoms with E-state index in [0.29, 0.717) is 29.7 Å². The summed E-state index contributed by atoms with van der Waals surface area (Å²) in [7, 11) is 0. The Morgan fingerprint density at radius 3 is 3.03 bits per heavy atom. The van der Waals surface area contributed by atoms with Crippen LogP contribution in [0.2, 0.25) is 0 Å². The van der Waals surface area contributed by atoms with Gasteiger partial charge in [-0.1, -0.05) is 0 Å². The maximum atomic E-state index is 14.3. The van der Waals surface area contributed by atoms with Crippen molar-refractivity contribution < 1.29 is 18.7 Å². The third kappa shape index (κ3) is 4.32. The van der Waals surface area contributed by atoms with Crippen LogP contribution in [0.3, 0.4) is 0 Å². The van der Waals surface area contributed by atoms with Crippen molar-refractivity contribution in [2.75, 3.05) is 25.0 Å². The topological polar surface area (TPSA) is 107 Å². The number of hydrogen-bond donors (Lipinski definition) is 3. The van der Waals surface area contributed by atoms with E-state index in [0.717, 1.165) is 31.8 Å². The van der Waals surface area contributed by atoms with Crippen LogP contribution in [0.1, 0.15) is 19.3 Å². The number of piperidine rings is 1. The van der Waals surface area contributed by atoms with Crippen LogP contribution in [0.4, 0.5) is 14.6 Å². The fourth-order valence-electron chi connectivity index (χ4n) is 3.58. The summed E-state index contributed by atoms with van der Waals surface area (Å²) in [6.45, 7) is 1.88. The Morgan fingerprint density at radius 1 is 1.34 bits per heavy atom. The van der Waals surface area contributed by atoms with Gasteiger partial charge in [-0.2, -0.15) is 0 Å². The normalized spacial score (nSPS) is 17.5. The average Bonchev–Trinajstić information content (AvgIpc) is 3.11. The van der Waals surface area contributed by atoms with Crippen molar-refractivity contribution in [3.05, 3.63) is 36.3 Å². The van der Waals surface area contributed by atoms with Gasteiger partial charge in [-0.15, -0.1) is 0 Å². The first kappa shape index (κ1) is 19.2. The van der Waals surface area contributed by atoms with Gasteiger partial charge in [-0.05, 0) is 25.5 Å². The van der Waals surface area contributed by atoms with Crippen LogP contribution in [0, 0.1) is 11.6 Å². The molecular weight excluding hydrogens is 382 g/mol. The minimum atomic E-state index is -0.837. The van der Waals surface area contributed by atoms with Crippen molar-refractivity contribution in [2.45, 2.75) is 25.3 Å². The molecule has 1 saturated heterocycles. The number of nitrogens with zero attached hydrogens (tertiary/aromatic N) is 4. The molecule has 0 unspecified atom stereocenters. The van der Waals surface area contributed by atoms with E-state index in [4.69, 9.17) is 5.11 Å². The average molecular weight is 402 g/mol. The number of fused-ring (bicyclic) bond motifs is 1. The van der Waals surface area contributed by atoms with Crippen LogP contribution < -0.4 is 5.32 Å². The summed E-state index contributed by atoms with van der Waals surface area (Å²) in [6, 6.07) is 1.27. The van der Waals surface area contributed by atoms with Gasteiger partial charge < -0.3 is 20.3 Å². The molecule has 0 amide bonds. The summed E-state index contributed by atoms with van der Waals surface area (Å²) in [6.07, 6.45) is 5.59. The van der Waals surface area contributed by atoms with Crippen LogP contribution in [0.25, 0.3) is 22.4 Å². The molecule has 0 aromatic carbocycles. The molecule has 152 valence electrons. The molecule has 0 radical (unpaired) electrons. The first-order valence-corrected chi connectivity index (χ1v) is 9.36. The zero-order chi connectivity index (χ0) is 20.4. The van der Waals surface area contributed by atoms with Crippen molar-refractivity contribution in [1.82, 2.24) is 24.8 Å². The number of carboxylic acid groups (broad SMARTS) is 1. The largest absolute Gasteiger partial charge is 0.481 e. The molecule has 1 atom stereocenters. The molecule has 10 heteroatoms. The number of aromatic nitrogens is 4. The van der Waals surface area contributed by atoms with Crippen molar-refractivity contribution in [3.8, 4) is 11.4 Å². The van der Waals surface area contributed by atoms with Crippen molar-refractivity contribution in [3.63, 3.8) is 0 Å². The lowest BCUT2D eigenvalue weighted by Crippen LogP contribution is -2.43. The molecule has 1 aliphatic rings. The van der Waals surface area contributed by atoms with E-state index in [2.05, 4.69) is 25.3 Å². The fourth-order valence-corrected chi connectivity index (χ4v) is 3.58. The molecule has 3 N–H and O–H groups in total. The van der Waals surface area contributed by atoms with Crippen LogP contribution in [0.5, 0.6) is 0 Å². The lowest BCUT2D eigenvalue weighted by atomic mass is 10.1. The summed E-state index contributed by atoms with van der Waals surface area (Å²) in [4.78, 5) is 28.1. The highest BCUT2D eigenvalue weighted by Crippen LogP contribution is 2.27. The number of likely N-dealkylation sites (tertiary alicyclic amines) is 1. The summed E-state index contributed by atoms with van der Waals surface area (Å²) in [5, 5.41) is 12.5. The van der Waals surface area contributed by atoms with Gasteiger partial charge in [0.05, 0.1) is 18.8 Å². The number of anilines is 1. The highest BCUT2D eigenvalue weighted by molar-refractivity contribution is 5.91. The first-order chi connectivity index (χ1) is 14.0. The maximum Gasteiger partial charge on any atom is 0.304 e. The maximum absolute atomic E-state index is 14.3. The Bertz CT molecular complexity index is 1040. The van der Waals surface area contributed by atoms with E-state index in [-0.39, 0.29) is 24.1 Å². The summed E-state index contributed by atoms with van der Waals surface area (Å²) in [5.41, 5.74) is 1.02. The number of aliphatic carboxylic acids is 1. The highest BCUT2D eigenvalue weighted by atomic mass is 19.1.